The number of Topliss-reactive ketones (excluding diaryl/α,β-unsaturated/α-hetero) is 3. The maximum absolute atomic E-state index is 14.5. The van der Waals surface area contributed by atoms with Crippen molar-refractivity contribution in [3.05, 3.63) is 94.6 Å². The Labute approximate surface area is 571 Å². The van der Waals surface area contributed by atoms with Crippen molar-refractivity contribution in [1.29, 1.82) is 0 Å². The molecule has 3 aliphatic rings. The number of aromatic amines is 1. The second-order valence-electron chi connectivity index (χ2n) is 25.6. The van der Waals surface area contributed by atoms with E-state index in [2.05, 4.69) is 71.1 Å². The second kappa shape index (κ2) is 37.3. The van der Waals surface area contributed by atoms with Crippen molar-refractivity contribution in [2.75, 3.05) is 86.7 Å². The van der Waals surface area contributed by atoms with Gasteiger partial charge in [0.25, 0.3) is 0 Å². The van der Waals surface area contributed by atoms with E-state index in [0.717, 1.165) is 43.5 Å². The Morgan fingerprint density at radius 3 is 1.92 bits per heavy atom. The molecule has 1 saturated heterocycles. The van der Waals surface area contributed by atoms with Crippen LogP contribution in [-0.4, -0.2) is 201 Å². The molecule has 1 fully saturated rings. The van der Waals surface area contributed by atoms with Crippen LogP contribution in [0.5, 0.6) is 23.0 Å². The first-order valence-corrected chi connectivity index (χ1v) is 33.5. The Bertz CT molecular complexity index is 3370. The third-order valence-electron chi connectivity index (χ3n) is 18.7. The van der Waals surface area contributed by atoms with E-state index >= 15 is 0 Å². The van der Waals surface area contributed by atoms with Crippen LogP contribution in [0.15, 0.2) is 61.1 Å². The van der Waals surface area contributed by atoms with Crippen molar-refractivity contribution < 1.29 is 77.0 Å². The third-order valence-corrected chi connectivity index (χ3v) is 18.7. The number of H-pyrrole nitrogens is 1. The van der Waals surface area contributed by atoms with Crippen molar-refractivity contribution >= 4 is 58.8 Å². The minimum Gasteiger partial charge on any atom is -0.493 e. The SMILES string of the molecule is CCC1CN2CCc3cc(OC)c(OC)cc3C2CC1CC1c2cc(OC)c(OC)cc2CCN1C(=O)OCc1ccc(NC(=O)N[C@@H](CCC(N)=O)C(=O)C(=O)[C@H](CC(C)C)NC(=O)[C@H](CCCCN)NC(=O)[C@H](CO)NC(=O)[C@H](CO)NCC(=O)[C@H](Cc2cnc[nH]2)NC)cc1. The van der Waals surface area contributed by atoms with Crippen LogP contribution in [0.25, 0.3) is 0 Å². The van der Waals surface area contributed by atoms with Crippen LogP contribution in [0.4, 0.5) is 15.3 Å². The molecular weight excluding hydrogens is 1270 g/mol. The summed E-state index contributed by atoms with van der Waals surface area (Å²) in [5.74, 6) is -3.48. The molecule has 0 aliphatic carbocycles. The third kappa shape index (κ3) is 20.4. The number of fused-ring (bicyclic) bond motifs is 4. The highest BCUT2D eigenvalue weighted by atomic mass is 16.6. The zero-order valence-corrected chi connectivity index (χ0v) is 57.4. The van der Waals surface area contributed by atoms with E-state index in [9.17, 15) is 53.4 Å². The second-order valence-corrected chi connectivity index (χ2v) is 25.6. The number of hydrogen-bond donors (Lipinski definition) is 12. The molecule has 0 bridgehead atoms. The maximum atomic E-state index is 14.5. The number of benzene rings is 3. The number of nitrogens with two attached hydrogens (primary N) is 2. The number of piperidine rings is 1. The summed E-state index contributed by atoms with van der Waals surface area (Å²) in [5.41, 5.74) is 17.3. The Morgan fingerprint density at radius 1 is 0.714 bits per heavy atom. The van der Waals surface area contributed by atoms with Crippen LogP contribution < -0.4 is 67.6 Å². The molecule has 29 heteroatoms. The Balaban J connectivity index is 0.984. The molecule has 98 heavy (non-hydrogen) atoms. The number of likely N-dealkylation sites (N-methyl/N-ethyl adjacent to an activating group) is 1. The monoisotopic (exact) mass is 1370 g/mol. The van der Waals surface area contributed by atoms with Crippen molar-refractivity contribution in [3.63, 3.8) is 0 Å². The first kappa shape index (κ1) is 76.6. The molecule has 14 N–H and O–H groups in total. The summed E-state index contributed by atoms with van der Waals surface area (Å²) in [7, 11) is 8.08. The number of methoxy groups -OCH3 is 4. The smallest absolute Gasteiger partial charge is 0.410 e. The number of aromatic nitrogens is 2. The molecule has 3 aromatic carbocycles. The predicted octanol–water partition coefficient (Wildman–Crippen LogP) is 2.58. The fourth-order valence-electron chi connectivity index (χ4n) is 13.2. The normalized spacial score (nSPS) is 18.3. The molecule has 4 unspecified atom stereocenters. The fraction of sp³-hybridized carbons (Fsp3) is 0.565. The van der Waals surface area contributed by atoms with E-state index < -0.39 is 103 Å². The molecular formula is C69H99N13O16. The fourth-order valence-corrected chi connectivity index (χ4v) is 13.2. The largest absolute Gasteiger partial charge is 0.493 e. The number of anilines is 1. The quantitative estimate of drug-likeness (QED) is 0.0227. The number of ether oxygens (including phenoxy) is 5. The number of primary amides is 1. The minimum absolute atomic E-state index is 0.0349. The number of nitrogens with one attached hydrogen (secondary N) is 8. The summed E-state index contributed by atoms with van der Waals surface area (Å²) in [4.78, 5) is 134. The first-order chi connectivity index (χ1) is 47.1. The number of ketones is 3. The summed E-state index contributed by atoms with van der Waals surface area (Å²) in [6.45, 7) is 5.94. The molecule has 7 amide bonds. The summed E-state index contributed by atoms with van der Waals surface area (Å²) in [6.07, 6.45) is 6.55. The molecule has 4 aromatic rings. The molecule has 7 rings (SSSR count). The van der Waals surface area contributed by atoms with Crippen LogP contribution in [-0.2, 0) is 64.2 Å². The van der Waals surface area contributed by atoms with Crippen LogP contribution in [0.1, 0.15) is 124 Å². The average molecular weight is 1370 g/mol. The van der Waals surface area contributed by atoms with Gasteiger partial charge in [-0.2, -0.15) is 0 Å². The summed E-state index contributed by atoms with van der Waals surface area (Å²) in [6, 6.07) is 5.25. The number of aliphatic hydroxyl groups is 2. The van der Waals surface area contributed by atoms with Gasteiger partial charge in [-0.15, -0.1) is 0 Å². The zero-order valence-electron chi connectivity index (χ0n) is 57.4. The van der Waals surface area contributed by atoms with Crippen molar-refractivity contribution in [2.45, 2.75) is 153 Å². The summed E-state index contributed by atoms with van der Waals surface area (Å²) in [5, 5.41) is 38.5. The van der Waals surface area contributed by atoms with E-state index in [1.165, 1.54) is 17.5 Å². The summed E-state index contributed by atoms with van der Waals surface area (Å²) < 4.78 is 29.1. The lowest BCUT2D eigenvalue weighted by Crippen LogP contribution is -2.59. The van der Waals surface area contributed by atoms with Gasteiger partial charge in [0.1, 0.15) is 24.7 Å². The van der Waals surface area contributed by atoms with Gasteiger partial charge in [-0.05, 0) is 153 Å². The number of nitrogens with zero attached hydrogens (tertiary/aromatic N) is 3. The van der Waals surface area contributed by atoms with Crippen LogP contribution in [0.3, 0.4) is 0 Å². The van der Waals surface area contributed by atoms with E-state index in [0.29, 0.717) is 72.4 Å². The van der Waals surface area contributed by atoms with E-state index in [4.69, 9.17) is 35.2 Å². The lowest BCUT2D eigenvalue weighted by atomic mass is 9.72. The van der Waals surface area contributed by atoms with E-state index in [1.54, 1.807) is 79.8 Å². The standard InChI is InChI=1S/C69H99N13O16/c1-9-41-34-81-22-19-42-27-58(94-5)60(96-7)30-47(42)55(81)25-44(41)26-56-48-31-61(97-8)59(95-6)28-43(48)20-23-82(56)69(93)98-37-40-13-15-45(16-14-40)76-68(92)80-49(17-18-62(71)86)63(87)64(88)52(24-39(2)3)78-65(89)50(12-10-11-21-70)77-67(91)54(36-84)79-66(90)53(35-83)74-33-57(85)51(72-4)29-46-32-73-38-75-46/h13-16,27-28,30-32,38-39,41,44,49-56,72,74,83-84H,9-12,17-26,29,33-37,70H2,1-8H3,(H2,71,86)(H,73,75)(H,77,91)(H,78,89)(H,79,90)(H2,76,80,92)/t41?,44?,49-,50-,51-,52-,53-,54-,55?,56?/m0/s1. The molecule has 3 aliphatic heterocycles. The Kier molecular flexibility index (Phi) is 29.1. The van der Waals surface area contributed by atoms with Crippen molar-refractivity contribution in [2.24, 2.45) is 29.2 Å². The minimum atomic E-state index is -1.66. The van der Waals surface area contributed by atoms with Gasteiger partial charge in [-0.25, -0.2) is 14.6 Å². The number of carbonyl (C=O) groups is 9. The van der Waals surface area contributed by atoms with Gasteiger partial charge < -0.3 is 87.1 Å². The molecule has 1 aromatic heterocycles. The number of urea groups is 1. The van der Waals surface area contributed by atoms with Gasteiger partial charge in [0.2, 0.25) is 35.2 Å². The van der Waals surface area contributed by atoms with Crippen molar-refractivity contribution in [3.8, 4) is 23.0 Å². The van der Waals surface area contributed by atoms with Gasteiger partial charge in [0.15, 0.2) is 28.8 Å². The van der Waals surface area contributed by atoms with Gasteiger partial charge in [0.05, 0.1) is 78.7 Å². The number of hydrogen-bond acceptors (Lipinski definition) is 21. The number of carbonyl (C=O) groups excluding carboxylic acids is 9. The topological polar surface area (TPSA) is 412 Å². The molecule has 0 saturated carbocycles. The first-order valence-electron chi connectivity index (χ1n) is 33.5. The molecule has 0 spiro atoms. The zero-order chi connectivity index (χ0) is 71.2. The number of rotatable bonds is 38. The number of unbranched alkanes of at least 4 members (excludes halogenated alkanes) is 1. The highest BCUT2D eigenvalue weighted by Gasteiger charge is 2.43. The maximum Gasteiger partial charge on any atom is 0.410 e. The summed E-state index contributed by atoms with van der Waals surface area (Å²) >= 11 is 0. The average Bonchev–Trinajstić information content (AvgIpc) is 0.774. The van der Waals surface area contributed by atoms with Gasteiger partial charge in [-0.3, -0.25) is 43.8 Å². The molecule has 536 valence electrons. The molecule has 10 atom stereocenters. The lowest BCUT2D eigenvalue weighted by Gasteiger charge is -2.49. The van der Waals surface area contributed by atoms with Gasteiger partial charge in [0, 0.05) is 56.1 Å². The Hall–Kier alpha value is -8.74. The van der Waals surface area contributed by atoms with Crippen LogP contribution in [0.2, 0.25) is 0 Å². The number of aliphatic hydroxyl groups excluding tert-OH is 2. The van der Waals surface area contributed by atoms with Crippen molar-refractivity contribution in [1.82, 2.24) is 51.7 Å². The molecule has 29 nitrogen and oxygen atoms in total. The Morgan fingerprint density at radius 2 is 1.32 bits per heavy atom. The van der Waals surface area contributed by atoms with Gasteiger partial charge >= 0.3 is 12.1 Å². The number of amides is 7. The predicted molar refractivity (Wildman–Crippen MR) is 362 cm³/mol. The highest BCUT2D eigenvalue weighted by Crippen LogP contribution is 2.49. The van der Waals surface area contributed by atoms with E-state index in [-0.39, 0.29) is 80.8 Å². The van der Waals surface area contributed by atoms with Crippen LogP contribution in [0, 0.1) is 17.8 Å². The van der Waals surface area contributed by atoms with E-state index in [1.807, 2.05) is 17.0 Å². The highest BCUT2D eigenvalue weighted by molar-refractivity contribution is 6.41. The molecule has 4 heterocycles. The van der Waals surface area contributed by atoms with Gasteiger partial charge in [-0.1, -0.05) is 39.3 Å². The molecule has 0 radical (unpaired) electrons. The van der Waals surface area contributed by atoms with Crippen LogP contribution >= 0.6 is 0 Å². The number of imidazole rings is 1. The lowest BCUT2D eigenvalue weighted by molar-refractivity contribution is -0.140.